The number of nitrogens with zero attached hydrogens (tertiary/aromatic N) is 3. The van der Waals surface area contributed by atoms with Crippen molar-refractivity contribution in [1.82, 2.24) is 36.2 Å². The van der Waals surface area contributed by atoms with Gasteiger partial charge in [0.15, 0.2) is 0 Å². The number of hydrogen-bond donors (Lipinski definition) is 5. The topological polar surface area (TPSA) is 110 Å². The fourth-order valence-electron chi connectivity index (χ4n) is 6.67. The van der Waals surface area contributed by atoms with Crippen molar-refractivity contribution < 1.29 is 13.9 Å². The molecule has 0 bridgehead atoms. The molecule has 1 saturated carbocycles. The van der Waals surface area contributed by atoms with Crippen LogP contribution in [0.5, 0.6) is 0 Å². The van der Waals surface area contributed by atoms with Crippen LogP contribution in [-0.2, 0) is 9.53 Å². The van der Waals surface area contributed by atoms with Crippen LogP contribution in [0.25, 0.3) is 0 Å². The predicted molar refractivity (Wildman–Crippen MR) is 121 cm³/mol. The molecule has 6 fully saturated rings. The Morgan fingerprint density at radius 2 is 1.82 bits per heavy atom. The van der Waals surface area contributed by atoms with Gasteiger partial charge in [0.05, 0.1) is 43.5 Å². The number of nitrogens with two attached hydrogens (primary N) is 1. The minimum atomic E-state index is -0.959. The summed E-state index contributed by atoms with van der Waals surface area (Å²) < 4.78 is 19.2. The second-order valence-electron chi connectivity index (χ2n) is 10.8. The molecule has 10 nitrogen and oxygen atoms in total. The smallest absolute Gasteiger partial charge is 0.229 e. The maximum atomic E-state index is 13.8. The monoisotopic (exact) mass is 466 g/mol. The van der Waals surface area contributed by atoms with Gasteiger partial charge in [-0.05, 0) is 31.2 Å². The zero-order chi connectivity index (χ0) is 22.5. The molecule has 0 aromatic rings. The van der Waals surface area contributed by atoms with Crippen LogP contribution >= 0.6 is 0 Å². The largest absolute Gasteiger partial charge is 0.378 e. The molecule has 0 radical (unpaired) electrons. The molecule has 1 amide bonds. The lowest BCUT2D eigenvalue weighted by Crippen LogP contribution is -2.68. The lowest BCUT2D eigenvalue weighted by molar-refractivity contribution is -0.129. The molecule has 7 atom stereocenters. The average Bonchev–Trinajstić information content (AvgIpc) is 3.55. The minimum Gasteiger partial charge on any atom is -0.378 e. The lowest BCUT2D eigenvalue weighted by atomic mass is 9.83. The Labute approximate surface area is 195 Å². The number of hydrazine groups is 1. The van der Waals surface area contributed by atoms with Crippen LogP contribution in [0, 0.1) is 17.8 Å². The molecule has 186 valence electrons. The minimum absolute atomic E-state index is 0.0363. The van der Waals surface area contributed by atoms with Gasteiger partial charge in [-0.2, -0.15) is 0 Å². The molecular formula is C22H39FN8O2. The van der Waals surface area contributed by atoms with Crippen LogP contribution in [-0.4, -0.2) is 123 Å². The number of piperazine rings is 1. The summed E-state index contributed by atoms with van der Waals surface area (Å²) in [5.74, 6) is 0.836. The number of rotatable bonds is 5. The Bertz CT molecular complexity index is 717. The van der Waals surface area contributed by atoms with Crippen molar-refractivity contribution >= 4 is 5.91 Å². The number of piperidine rings is 1. The number of ether oxygens (including phenoxy) is 1. The van der Waals surface area contributed by atoms with Crippen molar-refractivity contribution in [2.24, 2.45) is 23.5 Å². The highest BCUT2D eigenvalue weighted by molar-refractivity contribution is 5.81. The molecule has 5 saturated heterocycles. The summed E-state index contributed by atoms with van der Waals surface area (Å²) in [7, 11) is 0. The Morgan fingerprint density at radius 1 is 1.06 bits per heavy atom. The Balaban J connectivity index is 1.14. The molecule has 5 aliphatic heterocycles. The molecule has 11 heteroatoms. The first kappa shape index (κ1) is 22.5. The van der Waals surface area contributed by atoms with Crippen LogP contribution in [0.15, 0.2) is 0 Å². The van der Waals surface area contributed by atoms with Crippen LogP contribution in [0.4, 0.5) is 4.39 Å². The van der Waals surface area contributed by atoms with E-state index >= 15 is 0 Å². The van der Waals surface area contributed by atoms with Gasteiger partial charge in [0, 0.05) is 51.9 Å². The third-order valence-corrected chi connectivity index (χ3v) is 8.68. The van der Waals surface area contributed by atoms with Gasteiger partial charge in [0.25, 0.3) is 0 Å². The van der Waals surface area contributed by atoms with E-state index in [-0.39, 0.29) is 31.2 Å². The van der Waals surface area contributed by atoms with E-state index in [1.165, 1.54) is 12.8 Å². The molecule has 33 heavy (non-hydrogen) atoms. The number of fused-ring (bicyclic) bond motifs is 1. The third kappa shape index (κ3) is 4.42. The van der Waals surface area contributed by atoms with E-state index in [9.17, 15) is 9.18 Å². The van der Waals surface area contributed by atoms with Crippen molar-refractivity contribution in [3.63, 3.8) is 0 Å². The molecule has 0 aromatic heterocycles. The van der Waals surface area contributed by atoms with Crippen molar-refractivity contribution in [1.29, 1.82) is 0 Å². The quantitative estimate of drug-likeness (QED) is 0.300. The summed E-state index contributed by atoms with van der Waals surface area (Å²) in [6.07, 6.45) is 0.848. The summed E-state index contributed by atoms with van der Waals surface area (Å²) >= 11 is 0. The van der Waals surface area contributed by atoms with Crippen molar-refractivity contribution in [2.75, 3.05) is 65.6 Å². The number of nitrogens with one attached hydrogen (secondary N) is 4. The summed E-state index contributed by atoms with van der Waals surface area (Å²) in [6.45, 7) is 8.25. The first-order valence-electron chi connectivity index (χ1n) is 12.8. The van der Waals surface area contributed by atoms with E-state index in [1.807, 2.05) is 0 Å². The van der Waals surface area contributed by atoms with Gasteiger partial charge in [-0.3, -0.25) is 19.9 Å². The van der Waals surface area contributed by atoms with Crippen molar-refractivity contribution in [3.8, 4) is 0 Å². The highest BCUT2D eigenvalue weighted by Crippen LogP contribution is 2.41. The third-order valence-electron chi connectivity index (χ3n) is 8.68. The molecule has 6 aliphatic rings. The first-order chi connectivity index (χ1) is 16.1. The number of alkyl halides is 1. The SMILES string of the molecule is NC1NN2CC(F)CNC2C1C(=O)NC1CNCC(C2CC2)C1N1CCN(C2COC2)CC1. The van der Waals surface area contributed by atoms with E-state index in [0.29, 0.717) is 18.0 Å². The van der Waals surface area contributed by atoms with Gasteiger partial charge >= 0.3 is 0 Å². The Hall–Kier alpha value is -0.920. The second-order valence-corrected chi connectivity index (χ2v) is 10.8. The molecule has 0 spiro atoms. The van der Waals surface area contributed by atoms with E-state index < -0.39 is 18.3 Å². The predicted octanol–water partition coefficient (Wildman–Crippen LogP) is -2.53. The molecule has 0 aromatic carbocycles. The van der Waals surface area contributed by atoms with Crippen LogP contribution < -0.4 is 27.1 Å². The summed E-state index contributed by atoms with van der Waals surface area (Å²) in [4.78, 5) is 18.7. The highest BCUT2D eigenvalue weighted by Gasteiger charge is 2.50. The number of amides is 1. The Morgan fingerprint density at radius 3 is 2.52 bits per heavy atom. The summed E-state index contributed by atoms with van der Waals surface area (Å²) in [6, 6.07) is 0.981. The van der Waals surface area contributed by atoms with Crippen LogP contribution in [0.2, 0.25) is 0 Å². The standard InChI is InChI=1S/C22H39FN8O2/c23-14-7-26-21-18(20(24)28-31(21)10-14)22(32)27-17-9-25-8-16(13-1-2-13)19(17)30-5-3-29(4-6-30)15-11-33-12-15/h13-21,25-26,28H,1-12,24H2,(H,27,32). The van der Waals surface area contributed by atoms with Crippen LogP contribution in [0.1, 0.15) is 12.8 Å². The normalized spacial score (nSPS) is 43.8. The van der Waals surface area contributed by atoms with Crippen molar-refractivity contribution in [2.45, 2.75) is 49.5 Å². The lowest BCUT2D eigenvalue weighted by Gasteiger charge is -2.50. The summed E-state index contributed by atoms with van der Waals surface area (Å²) in [5.41, 5.74) is 9.40. The average molecular weight is 467 g/mol. The highest BCUT2D eigenvalue weighted by atomic mass is 19.1. The van der Waals surface area contributed by atoms with Crippen molar-refractivity contribution in [3.05, 3.63) is 0 Å². The molecule has 5 heterocycles. The Kier molecular flexibility index (Phi) is 6.33. The van der Waals surface area contributed by atoms with E-state index in [1.54, 1.807) is 5.01 Å². The van der Waals surface area contributed by atoms with E-state index in [4.69, 9.17) is 10.5 Å². The first-order valence-corrected chi connectivity index (χ1v) is 12.8. The zero-order valence-corrected chi connectivity index (χ0v) is 19.3. The van der Waals surface area contributed by atoms with Gasteiger partial charge < -0.3 is 21.1 Å². The molecule has 1 aliphatic carbocycles. The number of carbonyl (C=O) groups is 1. The fourth-order valence-corrected chi connectivity index (χ4v) is 6.67. The van der Waals surface area contributed by atoms with E-state index in [0.717, 1.165) is 58.4 Å². The molecule has 7 unspecified atom stereocenters. The van der Waals surface area contributed by atoms with E-state index in [2.05, 4.69) is 31.2 Å². The summed E-state index contributed by atoms with van der Waals surface area (Å²) in [5, 5.41) is 11.9. The fraction of sp³-hybridized carbons (Fsp3) is 0.955. The zero-order valence-electron chi connectivity index (χ0n) is 19.3. The van der Waals surface area contributed by atoms with Gasteiger partial charge in [-0.15, -0.1) is 0 Å². The van der Waals surface area contributed by atoms with Gasteiger partial charge in [-0.25, -0.2) is 14.8 Å². The van der Waals surface area contributed by atoms with Crippen LogP contribution in [0.3, 0.4) is 0 Å². The number of hydrogen-bond acceptors (Lipinski definition) is 9. The van der Waals surface area contributed by atoms with Gasteiger partial charge in [0.1, 0.15) is 6.17 Å². The second kappa shape index (κ2) is 9.27. The van der Waals surface area contributed by atoms with Gasteiger partial charge in [0.2, 0.25) is 5.91 Å². The molecule has 6 rings (SSSR count). The maximum Gasteiger partial charge on any atom is 0.229 e. The number of halogens is 1. The van der Waals surface area contributed by atoms with Gasteiger partial charge in [-0.1, -0.05) is 0 Å². The number of carbonyl (C=O) groups excluding carboxylic acids is 1. The molecular weight excluding hydrogens is 427 g/mol. The maximum absolute atomic E-state index is 13.8. The molecule has 6 N–H and O–H groups in total.